The molecule has 0 atom stereocenters. The number of halogens is 1. The highest BCUT2D eigenvalue weighted by atomic mass is 35.5. The summed E-state index contributed by atoms with van der Waals surface area (Å²) in [5.74, 6) is 1.12. The highest BCUT2D eigenvalue weighted by Gasteiger charge is 1.99. The van der Waals surface area contributed by atoms with E-state index in [2.05, 4.69) is 26.0 Å². The topological polar surface area (TPSA) is 0 Å². The second-order valence-electron chi connectivity index (χ2n) is 2.54. The maximum Gasteiger partial charge on any atom is 0.0438 e. The molecule has 0 bridgehead atoms. The van der Waals surface area contributed by atoms with Crippen molar-refractivity contribution in [1.29, 1.82) is 0 Å². The van der Waals surface area contributed by atoms with Gasteiger partial charge in [0, 0.05) is 9.92 Å². The monoisotopic (exact) mass is 200 g/mol. The lowest BCUT2D eigenvalue weighted by Gasteiger charge is -2.03. The molecule has 0 saturated carbocycles. The SMILES string of the molecule is CCSc1ccc(Cl)c(CC)c1. The first kappa shape index (κ1) is 9.94. The lowest BCUT2D eigenvalue weighted by molar-refractivity contribution is 1.12. The first-order valence-electron chi connectivity index (χ1n) is 4.19. The molecule has 0 nitrogen and oxygen atoms in total. The average Bonchev–Trinajstić information content (AvgIpc) is 2.09. The third kappa shape index (κ3) is 2.43. The van der Waals surface area contributed by atoms with Crippen molar-refractivity contribution in [3.63, 3.8) is 0 Å². The van der Waals surface area contributed by atoms with Crippen molar-refractivity contribution in [2.75, 3.05) is 5.75 Å². The zero-order chi connectivity index (χ0) is 8.97. The number of benzene rings is 1. The third-order valence-electron chi connectivity index (χ3n) is 1.71. The van der Waals surface area contributed by atoms with E-state index in [-0.39, 0.29) is 0 Å². The molecule has 0 amide bonds. The van der Waals surface area contributed by atoms with E-state index in [1.165, 1.54) is 10.5 Å². The molecule has 0 radical (unpaired) electrons. The summed E-state index contributed by atoms with van der Waals surface area (Å²) in [6.07, 6.45) is 1.01. The molecule has 12 heavy (non-hydrogen) atoms. The minimum atomic E-state index is 0.887. The Morgan fingerprint density at radius 3 is 2.67 bits per heavy atom. The molecule has 0 spiro atoms. The van der Waals surface area contributed by atoms with Crippen molar-refractivity contribution in [2.45, 2.75) is 25.2 Å². The van der Waals surface area contributed by atoms with E-state index in [1.54, 1.807) is 0 Å². The lowest BCUT2D eigenvalue weighted by atomic mass is 10.2. The standard InChI is InChI=1S/C10H13ClS/c1-3-8-7-9(12-4-2)5-6-10(8)11/h5-7H,3-4H2,1-2H3. The summed E-state index contributed by atoms with van der Waals surface area (Å²) in [6, 6.07) is 6.24. The maximum atomic E-state index is 5.99. The Labute approximate surface area is 83.3 Å². The molecule has 0 aromatic heterocycles. The smallest absolute Gasteiger partial charge is 0.0438 e. The Kier molecular flexibility index (Phi) is 3.96. The van der Waals surface area contributed by atoms with Gasteiger partial charge in [0.2, 0.25) is 0 Å². The average molecular weight is 201 g/mol. The van der Waals surface area contributed by atoms with Gasteiger partial charge in [0.15, 0.2) is 0 Å². The van der Waals surface area contributed by atoms with Crippen LogP contribution in [0.1, 0.15) is 19.4 Å². The number of hydrogen-bond donors (Lipinski definition) is 0. The summed E-state index contributed by atoms with van der Waals surface area (Å²) in [5, 5.41) is 0.887. The Bertz CT molecular complexity index is 258. The van der Waals surface area contributed by atoms with E-state index >= 15 is 0 Å². The quantitative estimate of drug-likeness (QED) is 0.665. The third-order valence-corrected chi connectivity index (χ3v) is 2.95. The fourth-order valence-corrected chi connectivity index (χ4v) is 2.05. The minimum Gasteiger partial charge on any atom is -0.126 e. The van der Waals surface area contributed by atoms with Crippen LogP contribution in [0.3, 0.4) is 0 Å². The molecule has 0 aliphatic heterocycles. The molecule has 0 saturated heterocycles. The fourth-order valence-electron chi connectivity index (χ4n) is 1.08. The van der Waals surface area contributed by atoms with Crippen molar-refractivity contribution in [2.24, 2.45) is 0 Å². The van der Waals surface area contributed by atoms with Gasteiger partial charge in [0.1, 0.15) is 0 Å². The number of rotatable bonds is 3. The van der Waals surface area contributed by atoms with Crippen LogP contribution in [0.25, 0.3) is 0 Å². The van der Waals surface area contributed by atoms with E-state index in [4.69, 9.17) is 11.6 Å². The van der Waals surface area contributed by atoms with Crippen LogP contribution in [0, 0.1) is 0 Å². The van der Waals surface area contributed by atoms with Gasteiger partial charge in [-0.15, -0.1) is 11.8 Å². The van der Waals surface area contributed by atoms with Crippen molar-refractivity contribution < 1.29 is 0 Å². The van der Waals surface area contributed by atoms with Gasteiger partial charge >= 0.3 is 0 Å². The summed E-state index contributed by atoms with van der Waals surface area (Å²) in [4.78, 5) is 1.32. The van der Waals surface area contributed by atoms with Crippen LogP contribution in [0.5, 0.6) is 0 Å². The number of thioether (sulfide) groups is 1. The van der Waals surface area contributed by atoms with E-state index in [1.807, 2.05) is 17.8 Å². The van der Waals surface area contributed by atoms with E-state index in [0.717, 1.165) is 17.2 Å². The van der Waals surface area contributed by atoms with Crippen LogP contribution in [-0.2, 0) is 6.42 Å². The predicted octanol–water partition coefficient (Wildman–Crippen LogP) is 4.01. The van der Waals surface area contributed by atoms with Gasteiger partial charge in [-0.2, -0.15) is 0 Å². The highest BCUT2D eigenvalue weighted by molar-refractivity contribution is 7.99. The summed E-state index contributed by atoms with van der Waals surface area (Å²) in [7, 11) is 0. The first-order chi connectivity index (χ1) is 5.77. The molecule has 1 aromatic rings. The molecule has 0 aliphatic rings. The lowest BCUT2D eigenvalue weighted by Crippen LogP contribution is -1.83. The van der Waals surface area contributed by atoms with Crippen molar-refractivity contribution in [3.05, 3.63) is 28.8 Å². The highest BCUT2D eigenvalue weighted by Crippen LogP contribution is 2.24. The van der Waals surface area contributed by atoms with Crippen LogP contribution < -0.4 is 0 Å². The molecule has 0 unspecified atom stereocenters. The van der Waals surface area contributed by atoms with Gasteiger partial charge in [-0.1, -0.05) is 25.4 Å². The molecular formula is C10H13ClS. The van der Waals surface area contributed by atoms with Gasteiger partial charge < -0.3 is 0 Å². The molecule has 1 aromatic carbocycles. The molecule has 1 rings (SSSR count). The zero-order valence-corrected chi connectivity index (χ0v) is 9.00. The normalized spacial score (nSPS) is 10.2. The van der Waals surface area contributed by atoms with Gasteiger partial charge in [0.25, 0.3) is 0 Å². The fraction of sp³-hybridized carbons (Fsp3) is 0.400. The Morgan fingerprint density at radius 1 is 1.33 bits per heavy atom. The maximum absolute atomic E-state index is 5.99. The Balaban J connectivity index is 2.89. The summed E-state index contributed by atoms with van der Waals surface area (Å²) in [6.45, 7) is 4.28. The minimum absolute atomic E-state index is 0.887. The van der Waals surface area contributed by atoms with Gasteiger partial charge in [-0.25, -0.2) is 0 Å². The van der Waals surface area contributed by atoms with Crippen molar-refractivity contribution >= 4 is 23.4 Å². The van der Waals surface area contributed by atoms with Gasteiger partial charge in [-0.3, -0.25) is 0 Å². The molecular weight excluding hydrogens is 188 g/mol. The van der Waals surface area contributed by atoms with Crippen molar-refractivity contribution in [1.82, 2.24) is 0 Å². The summed E-state index contributed by atoms with van der Waals surface area (Å²) < 4.78 is 0. The Morgan fingerprint density at radius 2 is 2.08 bits per heavy atom. The summed E-state index contributed by atoms with van der Waals surface area (Å²) in [5.41, 5.74) is 1.25. The predicted molar refractivity (Wildman–Crippen MR) is 57.2 cm³/mol. The second kappa shape index (κ2) is 4.78. The largest absolute Gasteiger partial charge is 0.126 e. The molecule has 0 heterocycles. The van der Waals surface area contributed by atoms with Gasteiger partial charge in [-0.05, 0) is 35.9 Å². The van der Waals surface area contributed by atoms with E-state index in [0.29, 0.717) is 0 Å². The molecule has 0 fully saturated rings. The molecule has 0 N–H and O–H groups in total. The van der Waals surface area contributed by atoms with Crippen LogP contribution in [0.2, 0.25) is 5.02 Å². The molecule has 66 valence electrons. The number of hydrogen-bond acceptors (Lipinski definition) is 1. The van der Waals surface area contributed by atoms with Crippen molar-refractivity contribution in [3.8, 4) is 0 Å². The van der Waals surface area contributed by atoms with E-state index in [9.17, 15) is 0 Å². The summed E-state index contributed by atoms with van der Waals surface area (Å²) >= 11 is 7.84. The van der Waals surface area contributed by atoms with Crippen LogP contribution >= 0.6 is 23.4 Å². The number of aryl methyl sites for hydroxylation is 1. The van der Waals surface area contributed by atoms with Gasteiger partial charge in [0.05, 0.1) is 0 Å². The van der Waals surface area contributed by atoms with Crippen LogP contribution in [0.4, 0.5) is 0 Å². The van der Waals surface area contributed by atoms with E-state index < -0.39 is 0 Å². The van der Waals surface area contributed by atoms with Crippen LogP contribution in [0.15, 0.2) is 23.1 Å². The molecule has 2 heteroatoms. The first-order valence-corrected chi connectivity index (χ1v) is 5.55. The second-order valence-corrected chi connectivity index (χ2v) is 4.28. The zero-order valence-electron chi connectivity index (χ0n) is 7.43. The molecule has 0 aliphatic carbocycles. The van der Waals surface area contributed by atoms with Crippen LogP contribution in [-0.4, -0.2) is 5.75 Å². The Hall–Kier alpha value is -0.140.